The third kappa shape index (κ3) is 6.54. The fourth-order valence-electron chi connectivity index (χ4n) is 5.45. The number of nitrogens with one attached hydrogen (secondary N) is 1. The number of ether oxygens (including phenoxy) is 2. The van der Waals surface area contributed by atoms with E-state index >= 15 is 0 Å². The summed E-state index contributed by atoms with van der Waals surface area (Å²) in [5.41, 5.74) is 3.76. The molecule has 1 atom stereocenters. The third-order valence-corrected chi connectivity index (χ3v) is 9.62. The molecule has 2 aliphatic carbocycles. The minimum absolute atomic E-state index is 0.0214. The molecule has 0 spiro atoms. The molecule has 1 fully saturated rings. The second-order valence-electron chi connectivity index (χ2n) is 9.92. The van der Waals surface area contributed by atoms with Gasteiger partial charge in [-0.2, -0.15) is 0 Å². The Bertz CT molecular complexity index is 1170. The molecule has 3 aliphatic rings. The van der Waals surface area contributed by atoms with Gasteiger partial charge in [0, 0.05) is 31.3 Å². The lowest BCUT2D eigenvalue weighted by Crippen LogP contribution is -2.34. The van der Waals surface area contributed by atoms with Crippen LogP contribution in [-0.2, 0) is 19.4 Å². The summed E-state index contributed by atoms with van der Waals surface area (Å²) in [6, 6.07) is 4.54. The maximum Gasteiger partial charge on any atom is 0.244 e. The number of rotatable bonds is 11. The van der Waals surface area contributed by atoms with Gasteiger partial charge in [-0.1, -0.05) is 6.08 Å². The normalized spacial score (nSPS) is 19.1. The van der Waals surface area contributed by atoms with E-state index in [9.17, 15) is 18.0 Å². The van der Waals surface area contributed by atoms with Gasteiger partial charge >= 0.3 is 0 Å². The van der Waals surface area contributed by atoms with Crippen molar-refractivity contribution in [3.8, 4) is 11.5 Å². The first-order chi connectivity index (χ1) is 17.8. The zero-order chi connectivity index (χ0) is 26.4. The van der Waals surface area contributed by atoms with E-state index in [0.29, 0.717) is 30.9 Å². The molecule has 2 N–H and O–H groups in total. The molecular weight excluding hydrogens is 496 g/mol. The molecule has 0 bridgehead atoms. The number of methoxy groups -OCH3 is 1. The van der Waals surface area contributed by atoms with E-state index in [1.807, 2.05) is 6.08 Å². The maximum absolute atomic E-state index is 13.7. The molecule has 202 valence electrons. The van der Waals surface area contributed by atoms with Gasteiger partial charge in [0.1, 0.15) is 0 Å². The summed E-state index contributed by atoms with van der Waals surface area (Å²) in [5.74, 6) is 0.153. The van der Waals surface area contributed by atoms with Gasteiger partial charge < -0.3 is 14.4 Å². The lowest BCUT2D eigenvalue weighted by Gasteiger charge is -2.34. The SMILES string of the molecule is COc1ccc(S(=O)(=O)C(CCCN2CCCC3=C2CC(=O)C=C3)CC(=O)NO)cc1OC1CCCC1. The average Bonchev–Trinajstić information content (AvgIpc) is 3.41. The highest BCUT2D eigenvalue weighted by Gasteiger charge is 2.32. The summed E-state index contributed by atoms with van der Waals surface area (Å²) in [5, 5.41) is 8.06. The Kier molecular flexibility index (Phi) is 8.91. The van der Waals surface area contributed by atoms with Crippen molar-refractivity contribution in [1.29, 1.82) is 0 Å². The van der Waals surface area contributed by atoms with Gasteiger partial charge in [0.2, 0.25) is 5.91 Å². The number of ketones is 1. The molecule has 1 aromatic rings. The number of amides is 1. The molecule has 4 rings (SSSR count). The Balaban J connectivity index is 1.50. The quantitative estimate of drug-likeness (QED) is 0.327. The van der Waals surface area contributed by atoms with Crippen LogP contribution in [0.4, 0.5) is 0 Å². The van der Waals surface area contributed by atoms with E-state index in [2.05, 4.69) is 4.90 Å². The maximum atomic E-state index is 13.7. The predicted molar refractivity (Wildman–Crippen MR) is 137 cm³/mol. The molecule has 1 unspecified atom stereocenters. The van der Waals surface area contributed by atoms with Crippen LogP contribution in [0.3, 0.4) is 0 Å². The van der Waals surface area contributed by atoms with Gasteiger partial charge in [-0.15, -0.1) is 0 Å². The molecule has 1 saturated carbocycles. The van der Waals surface area contributed by atoms with E-state index < -0.39 is 21.0 Å². The molecular formula is C27H36N2O7S. The fraction of sp³-hybridized carbons (Fsp3) is 0.556. The highest BCUT2D eigenvalue weighted by molar-refractivity contribution is 7.92. The number of hydroxylamine groups is 1. The average molecular weight is 533 g/mol. The van der Waals surface area contributed by atoms with Crippen molar-refractivity contribution < 1.29 is 32.7 Å². The largest absolute Gasteiger partial charge is 0.493 e. The molecule has 9 nitrogen and oxygen atoms in total. The molecule has 0 saturated heterocycles. The van der Waals surface area contributed by atoms with Crippen molar-refractivity contribution in [1.82, 2.24) is 10.4 Å². The minimum Gasteiger partial charge on any atom is -0.493 e. The number of nitrogens with zero attached hydrogens (tertiary/aromatic N) is 1. The molecule has 10 heteroatoms. The van der Waals surface area contributed by atoms with Gasteiger partial charge in [-0.3, -0.25) is 14.8 Å². The second-order valence-corrected chi connectivity index (χ2v) is 12.2. The van der Waals surface area contributed by atoms with Crippen LogP contribution in [0.1, 0.15) is 64.2 Å². The Labute approximate surface area is 218 Å². The van der Waals surface area contributed by atoms with Crippen molar-refractivity contribution in [3.05, 3.63) is 41.6 Å². The van der Waals surface area contributed by atoms with Crippen molar-refractivity contribution in [3.63, 3.8) is 0 Å². The van der Waals surface area contributed by atoms with E-state index in [4.69, 9.17) is 14.7 Å². The summed E-state index contributed by atoms with van der Waals surface area (Å²) in [7, 11) is -2.42. The number of carbonyl (C=O) groups is 2. The van der Waals surface area contributed by atoms with Crippen LogP contribution < -0.4 is 15.0 Å². The molecule has 1 heterocycles. The van der Waals surface area contributed by atoms with Crippen molar-refractivity contribution in [2.75, 3.05) is 20.2 Å². The fourth-order valence-corrected chi connectivity index (χ4v) is 7.21. The molecule has 1 aromatic carbocycles. The number of benzene rings is 1. The van der Waals surface area contributed by atoms with Crippen LogP contribution >= 0.6 is 0 Å². The summed E-state index contributed by atoms with van der Waals surface area (Å²) >= 11 is 0. The van der Waals surface area contributed by atoms with Crippen LogP contribution in [0.2, 0.25) is 0 Å². The van der Waals surface area contributed by atoms with E-state index in [0.717, 1.165) is 50.8 Å². The predicted octanol–water partition coefficient (Wildman–Crippen LogP) is 3.71. The molecule has 0 radical (unpaired) electrons. The number of hydrogen-bond donors (Lipinski definition) is 2. The van der Waals surface area contributed by atoms with Crippen molar-refractivity contribution in [2.45, 2.75) is 80.5 Å². The summed E-state index contributed by atoms with van der Waals surface area (Å²) in [4.78, 5) is 26.2. The summed E-state index contributed by atoms with van der Waals surface area (Å²) < 4.78 is 38.9. The Morgan fingerprint density at radius 1 is 1.19 bits per heavy atom. The van der Waals surface area contributed by atoms with Gasteiger partial charge in [-0.05, 0) is 75.1 Å². The van der Waals surface area contributed by atoms with Crippen molar-refractivity contribution >= 4 is 21.5 Å². The van der Waals surface area contributed by atoms with Crippen LogP contribution in [0, 0.1) is 0 Å². The van der Waals surface area contributed by atoms with Crippen LogP contribution in [0.15, 0.2) is 46.5 Å². The lowest BCUT2D eigenvalue weighted by molar-refractivity contribution is -0.129. The lowest BCUT2D eigenvalue weighted by atomic mass is 9.94. The van der Waals surface area contributed by atoms with Gasteiger partial charge in [0.15, 0.2) is 27.1 Å². The highest BCUT2D eigenvalue weighted by Crippen LogP contribution is 2.36. The Morgan fingerprint density at radius 3 is 2.70 bits per heavy atom. The van der Waals surface area contributed by atoms with Gasteiger partial charge in [0.25, 0.3) is 0 Å². The second kappa shape index (κ2) is 12.1. The topological polar surface area (TPSA) is 122 Å². The highest BCUT2D eigenvalue weighted by atomic mass is 32.2. The molecule has 1 amide bonds. The first kappa shape index (κ1) is 27.2. The van der Waals surface area contributed by atoms with Crippen molar-refractivity contribution in [2.24, 2.45) is 0 Å². The molecule has 1 aliphatic heterocycles. The van der Waals surface area contributed by atoms with Crippen LogP contribution in [0.25, 0.3) is 0 Å². The van der Waals surface area contributed by atoms with E-state index in [-0.39, 0.29) is 29.6 Å². The zero-order valence-electron chi connectivity index (χ0n) is 21.3. The number of hydrogen-bond acceptors (Lipinski definition) is 8. The molecule has 0 aromatic heterocycles. The minimum atomic E-state index is -3.93. The number of carbonyl (C=O) groups excluding carboxylic acids is 2. The Hall–Kier alpha value is -2.85. The van der Waals surface area contributed by atoms with Gasteiger partial charge in [-0.25, -0.2) is 13.9 Å². The first-order valence-corrected chi connectivity index (χ1v) is 14.6. The van der Waals surface area contributed by atoms with Crippen LogP contribution in [0.5, 0.6) is 11.5 Å². The van der Waals surface area contributed by atoms with E-state index in [1.54, 1.807) is 17.6 Å². The van der Waals surface area contributed by atoms with Gasteiger partial charge in [0.05, 0.1) is 29.8 Å². The standard InChI is InChI=1S/C27H36N2O7S/c1-35-25-13-12-23(17-26(25)36-21-7-2-3-8-21)37(33,34)22(18-27(31)28-32)9-5-15-29-14-4-6-19-10-11-20(30)16-24(19)29/h10-13,17,21-22,32H,2-9,14-16,18H2,1H3,(H,28,31). The number of sulfone groups is 1. The first-order valence-electron chi connectivity index (χ1n) is 13.0. The molecule has 37 heavy (non-hydrogen) atoms. The summed E-state index contributed by atoms with van der Waals surface area (Å²) in [6.07, 6.45) is 10.2. The smallest absolute Gasteiger partial charge is 0.244 e. The Morgan fingerprint density at radius 2 is 1.97 bits per heavy atom. The van der Waals surface area contributed by atoms with E-state index in [1.165, 1.54) is 24.8 Å². The third-order valence-electron chi connectivity index (χ3n) is 7.43. The zero-order valence-corrected chi connectivity index (χ0v) is 22.1. The monoisotopic (exact) mass is 532 g/mol. The number of allylic oxidation sites excluding steroid dienone is 4. The van der Waals surface area contributed by atoms with Crippen LogP contribution in [-0.4, -0.2) is 61.8 Å². The summed E-state index contributed by atoms with van der Waals surface area (Å²) in [6.45, 7) is 1.40.